The fourth-order valence-corrected chi connectivity index (χ4v) is 2.12. The fraction of sp³-hybridized carbons (Fsp3) is 0.368. The molecule has 0 spiro atoms. The van der Waals surface area contributed by atoms with Gasteiger partial charge in [0, 0.05) is 18.8 Å². The number of nitrogens with one attached hydrogen (secondary N) is 1. The highest BCUT2D eigenvalue weighted by Gasteiger charge is 2.02. The molecular weight excluding hydrogens is 316 g/mol. The molecule has 6 heteroatoms. The molecule has 1 aromatic heterocycles. The van der Waals surface area contributed by atoms with E-state index in [1.54, 1.807) is 6.20 Å². The van der Waals surface area contributed by atoms with E-state index < -0.39 is 0 Å². The first-order chi connectivity index (χ1) is 12.2. The lowest BCUT2D eigenvalue weighted by molar-refractivity contribution is 0.339. The number of nitrogens with zero attached hydrogens (tertiary/aromatic N) is 2. The summed E-state index contributed by atoms with van der Waals surface area (Å²) in [4.78, 5) is 8.56. The molecule has 25 heavy (non-hydrogen) atoms. The van der Waals surface area contributed by atoms with Crippen molar-refractivity contribution in [3.8, 4) is 17.4 Å². The van der Waals surface area contributed by atoms with Crippen LogP contribution in [0.15, 0.2) is 47.6 Å². The van der Waals surface area contributed by atoms with Gasteiger partial charge in [0.15, 0.2) is 5.96 Å². The molecule has 0 saturated heterocycles. The first-order valence-electron chi connectivity index (χ1n) is 8.60. The molecule has 0 aliphatic rings. The van der Waals surface area contributed by atoms with Gasteiger partial charge in [-0.1, -0.05) is 13.3 Å². The van der Waals surface area contributed by atoms with Crippen LogP contribution in [0.2, 0.25) is 0 Å². The first-order valence-corrected chi connectivity index (χ1v) is 8.60. The number of unbranched alkanes of at least 4 members (excludes halogenated alkanes) is 1. The number of guanidine groups is 1. The SMILES string of the molecule is CCCCNC(N)=NCc1ccnc(Oc2ccc(OCC)cc2)c1. The zero-order valence-corrected chi connectivity index (χ0v) is 14.9. The monoisotopic (exact) mass is 342 g/mol. The molecule has 2 aromatic rings. The van der Waals surface area contributed by atoms with Crippen LogP contribution in [0.5, 0.6) is 17.4 Å². The van der Waals surface area contributed by atoms with E-state index in [0.29, 0.717) is 30.7 Å². The molecule has 1 heterocycles. The van der Waals surface area contributed by atoms with E-state index in [1.807, 2.05) is 43.3 Å². The first kappa shape index (κ1) is 18.6. The molecule has 6 nitrogen and oxygen atoms in total. The van der Waals surface area contributed by atoms with Gasteiger partial charge in [-0.25, -0.2) is 9.98 Å². The van der Waals surface area contributed by atoms with Crippen molar-refractivity contribution in [1.29, 1.82) is 0 Å². The highest BCUT2D eigenvalue weighted by molar-refractivity contribution is 5.77. The number of pyridine rings is 1. The maximum atomic E-state index is 5.84. The van der Waals surface area contributed by atoms with E-state index in [-0.39, 0.29) is 0 Å². The average molecular weight is 342 g/mol. The van der Waals surface area contributed by atoms with Crippen LogP contribution < -0.4 is 20.5 Å². The van der Waals surface area contributed by atoms with E-state index in [0.717, 1.165) is 30.7 Å². The number of rotatable bonds is 9. The van der Waals surface area contributed by atoms with Gasteiger partial charge in [-0.3, -0.25) is 0 Å². The molecule has 1 aromatic carbocycles. The fourth-order valence-electron chi connectivity index (χ4n) is 2.12. The summed E-state index contributed by atoms with van der Waals surface area (Å²) in [5.74, 6) is 2.50. The van der Waals surface area contributed by atoms with Crippen LogP contribution in [0.4, 0.5) is 0 Å². The second kappa shape index (κ2) is 10.2. The normalized spacial score (nSPS) is 11.2. The molecule has 3 N–H and O–H groups in total. The number of hydrogen-bond acceptors (Lipinski definition) is 4. The van der Waals surface area contributed by atoms with E-state index in [1.165, 1.54) is 0 Å². The van der Waals surface area contributed by atoms with Crippen LogP contribution in [0, 0.1) is 0 Å². The smallest absolute Gasteiger partial charge is 0.219 e. The summed E-state index contributed by atoms with van der Waals surface area (Å²) in [6.07, 6.45) is 3.90. The molecule has 2 rings (SSSR count). The van der Waals surface area contributed by atoms with Gasteiger partial charge < -0.3 is 20.5 Å². The molecular formula is C19H26N4O2. The Morgan fingerprint density at radius 1 is 1.16 bits per heavy atom. The molecule has 134 valence electrons. The van der Waals surface area contributed by atoms with Crippen molar-refractivity contribution in [3.63, 3.8) is 0 Å². The van der Waals surface area contributed by atoms with E-state index in [2.05, 4.69) is 22.2 Å². The van der Waals surface area contributed by atoms with Crippen LogP contribution in [0.25, 0.3) is 0 Å². The Kier molecular flexibility index (Phi) is 7.56. The molecule has 0 unspecified atom stereocenters. The van der Waals surface area contributed by atoms with E-state index in [9.17, 15) is 0 Å². The quantitative estimate of drug-likeness (QED) is 0.414. The highest BCUT2D eigenvalue weighted by Crippen LogP contribution is 2.23. The van der Waals surface area contributed by atoms with Crippen LogP contribution in [0.1, 0.15) is 32.3 Å². The summed E-state index contributed by atoms with van der Waals surface area (Å²) in [5.41, 5.74) is 6.83. The minimum absolute atomic E-state index is 0.458. The zero-order chi connectivity index (χ0) is 17.9. The summed E-state index contributed by atoms with van der Waals surface area (Å²) in [6.45, 7) is 6.05. The van der Waals surface area contributed by atoms with Gasteiger partial charge in [-0.15, -0.1) is 0 Å². The van der Waals surface area contributed by atoms with E-state index >= 15 is 0 Å². The van der Waals surface area contributed by atoms with Gasteiger partial charge in [0.1, 0.15) is 11.5 Å². The van der Waals surface area contributed by atoms with Crippen molar-refractivity contribution in [2.45, 2.75) is 33.2 Å². The molecule has 0 atom stereocenters. The number of aliphatic imine (C=N–C) groups is 1. The number of ether oxygens (including phenoxy) is 2. The van der Waals surface area contributed by atoms with Crippen molar-refractivity contribution in [3.05, 3.63) is 48.2 Å². The summed E-state index contributed by atoms with van der Waals surface area (Å²) in [6, 6.07) is 11.2. The van der Waals surface area contributed by atoms with Gasteiger partial charge in [0.2, 0.25) is 5.88 Å². The Hall–Kier alpha value is -2.76. The largest absolute Gasteiger partial charge is 0.494 e. The molecule has 0 saturated carbocycles. The van der Waals surface area contributed by atoms with Crippen molar-refractivity contribution in [1.82, 2.24) is 10.3 Å². The molecule has 0 radical (unpaired) electrons. The minimum atomic E-state index is 0.458. The number of benzene rings is 1. The van der Waals surface area contributed by atoms with E-state index in [4.69, 9.17) is 15.2 Å². The van der Waals surface area contributed by atoms with Crippen LogP contribution in [-0.4, -0.2) is 24.1 Å². The van der Waals surface area contributed by atoms with Gasteiger partial charge >= 0.3 is 0 Å². The number of aromatic nitrogens is 1. The van der Waals surface area contributed by atoms with Gasteiger partial charge in [-0.05, 0) is 49.2 Å². The topological polar surface area (TPSA) is 81.8 Å². The predicted octanol–water partition coefficient (Wildman–Crippen LogP) is 3.48. The molecule has 0 aliphatic carbocycles. The van der Waals surface area contributed by atoms with Crippen LogP contribution in [-0.2, 0) is 6.54 Å². The van der Waals surface area contributed by atoms with Gasteiger partial charge in [0.05, 0.1) is 13.2 Å². The molecule has 0 fully saturated rings. The third-order valence-corrected chi connectivity index (χ3v) is 3.42. The van der Waals surface area contributed by atoms with Gasteiger partial charge in [0.25, 0.3) is 0 Å². The molecule has 0 aliphatic heterocycles. The number of hydrogen-bond donors (Lipinski definition) is 2. The average Bonchev–Trinajstić information content (AvgIpc) is 2.62. The van der Waals surface area contributed by atoms with Crippen molar-refractivity contribution >= 4 is 5.96 Å². The lowest BCUT2D eigenvalue weighted by atomic mass is 10.2. The Morgan fingerprint density at radius 3 is 2.64 bits per heavy atom. The molecule has 0 amide bonds. The predicted molar refractivity (Wildman–Crippen MR) is 100 cm³/mol. The van der Waals surface area contributed by atoms with Crippen molar-refractivity contribution in [2.24, 2.45) is 10.7 Å². The second-order valence-electron chi connectivity index (χ2n) is 5.49. The van der Waals surface area contributed by atoms with Gasteiger partial charge in [-0.2, -0.15) is 0 Å². The summed E-state index contributed by atoms with van der Waals surface area (Å²) in [7, 11) is 0. The Labute approximate surface area is 149 Å². The summed E-state index contributed by atoms with van der Waals surface area (Å²) >= 11 is 0. The van der Waals surface area contributed by atoms with Crippen molar-refractivity contribution in [2.75, 3.05) is 13.2 Å². The standard InChI is InChI=1S/C19H26N4O2/c1-3-5-11-22-19(20)23-14-15-10-12-21-18(13-15)25-17-8-6-16(7-9-17)24-4-2/h6-10,12-13H,3-5,11,14H2,1-2H3,(H3,20,22,23). The maximum Gasteiger partial charge on any atom is 0.219 e. The lowest BCUT2D eigenvalue weighted by Gasteiger charge is -2.08. The highest BCUT2D eigenvalue weighted by atomic mass is 16.5. The Bertz CT molecular complexity index is 671. The maximum absolute atomic E-state index is 5.84. The summed E-state index contributed by atoms with van der Waals surface area (Å²) < 4.78 is 11.2. The Morgan fingerprint density at radius 2 is 1.92 bits per heavy atom. The van der Waals surface area contributed by atoms with Crippen LogP contribution >= 0.6 is 0 Å². The third kappa shape index (κ3) is 6.71. The van der Waals surface area contributed by atoms with Crippen molar-refractivity contribution < 1.29 is 9.47 Å². The minimum Gasteiger partial charge on any atom is -0.494 e. The summed E-state index contributed by atoms with van der Waals surface area (Å²) in [5, 5.41) is 3.09. The third-order valence-electron chi connectivity index (χ3n) is 3.42. The van der Waals surface area contributed by atoms with Crippen LogP contribution in [0.3, 0.4) is 0 Å². The molecule has 0 bridgehead atoms. The number of nitrogens with two attached hydrogens (primary N) is 1. The zero-order valence-electron chi connectivity index (χ0n) is 14.9. The lowest BCUT2D eigenvalue weighted by Crippen LogP contribution is -2.32. The second-order valence-corrected chi connectivity index (χ2v) is 5.49. The Balaban J connectivity index is 1.93.